The molecule has 1 amide bonds. The Morgan fingerprint density at radius 3 is 3.00 bits per heavy atom. The van der Waals surface area contributed by atoms with Gasteiger partial charge in [-0.05, 0) is 31.4 Å². The third-order valence-corrected chi connectivity index (χ3v) is 3.00. The molecule has 2 rings (SSSR count). The van der Waals surface area contributed by atoms with Gasteiger partial charge in [-0.2, -0.15) is 0 Å². The zero-order valence-electron chi connectivity index (χ0n) is 9.65. The number of rotatable bonds is 3. The first kappa shape index (κ1) is 11.1. The number of para-hydroxylation sites is 1. The summed E-state index contributed by atoms with van der Waals surface area (Å²) in [6.07, 6.45) is 2.28. The normalized spacial score (nSPS) is 16.0. The molecule has 0 saturated carbocycles. The molecule has 1 heterocycles. The molecule has 1 aromatic carbocycles. The smallest absolute Gasteiger partial charge is 0.227 e. The Labute approximate surface area is 96.2 Å². The number of fused-ring (bicyclic) bond motifs is 1. The minimum absolute atomic E-state index is 0.0989. The molecule has 1 unspecified atom stereocenters. The molecule has 1 aliphatic rings. The predicted molar refractivity (Wildman–Crippen MR) is 65.4 cm³/mol. The fraction of sp³-hybridized carbons (Fsp3) is 0.462. The van der Waals surface area contributed by atoms with Crippen LogP contribution >= 0.6 is 0 Å². The van der Waals surface area contributed by atoms with Crippen molar-refractivity contribution in [3.63, 3.8) is 0 Å². The average Bonchev–Trinajstić information content (AvgIpc) is 2.69. The van der Waals surface area contributed by atoms with E-state index in [-0.39, 0.29) is 11.9 Å². The largest absolute Gasteiger partial charge is 0.328 e. The summed E-state index contributed by atoms with van der Waals surface area (Å²) < 4.78 is 0. The second-order valence-electron chi connectivity index (χ2n) is 4.44. The highest BCUT2D eigenvalue weighted by atomic mass is 16.2. The Morgan fingerprint density at radius 2 is 2.25 bits per heavy atom. The second-order valence-corrected chi connectivity index (χ2v) is 4.44. The Balaban J connectivity index is 2.04. The molecular formula is C13H18N2O. The summed E-state index contributed by atoms with van der Waals surface area (Å²) in [5.41, 5.74) is 8.02. The van der Waals surface area contributed by atoms with E-state index >= 15 is 0 Å². The standard InChI is InChI=1S/C13H18N2O/c1-10(14)6-7-13(16)15-9-8-11-4-2-3-5-12(11)15/h2-5,10H,6-9,14H2,1H3. The van der Waals surface area contributed by atoms with Gasteiger partial charge >= 0.3 is 0 Å². The van der Waals surface area contributed by atoms with Crippen LogP contribution in [0, 0.1) is 0 Å². The maximum absolute atomic E-state index is 12.0. The Hall–Kier alpha value is -1.35. The van der Waals surface area contributed by atoms with E-state index in [2.05, 4.69) is 6.07 Å². The molecular weight excluding hydrogens is 200 g/mol. The Morgan fingerprint density at radius 1 is 1.50 bits per heavy atom. The molecule has 0 spiro atoms. The van der Waals surface area contributed by atoms with E-state index in [9.17, 15) is 4.79 Å². The van der Waals surface area contributed by atoms with Crippen LogP contribution in [-0.2, 0) is 11.2 Å². The topological polar surface area (TPSA) is 46.3 Å². The van der Waals surface area contributed by atoms with Gasteiger partial charge in [0.1, 0.15) is 0 Å². The number of nitrogens with zero attached hydrogens (tertiary/aromatic N) is 1. The fourth-order valence-corrected chi connectivity index (χ4v) is 2.08. The first-order valence-corrected chi connectivity index (χ1v) is 5.82. The average molecular weight is 218 g/mol. The van der Waals surface area contributed by atoms with Crippen molar-refractivity contribution in [3.8, 4) is 0 Å². The lowest BCUT2D eigenvalue weighted by atomic mass is 10.1. The number of carbonyl (C=O) groups is 1. The van der Waals surface area contributed by atoms with Crippen LogP contribution in [0.4, 0.5) is 5.69 Å². The van der Waals surface area contributed by atoms with Crippen LogP contribution in [0.2, 0.25) is 0 Å². The monoisotopic (exact) mass is 218 g/mol. The molecule has 1 aliphatic heterocycles. The lowest BCUT2D eigenvalue weighted by molar-refractivity contribution is -0.118. The van der Waals surface area contributed by atoms with Gasteiger partial charge in [0.15, 0.2) is 0 Å². The number of hydrogen-bond acceptors (Lipinski definition) is 2. The maximum atomic E-state index is 12.0. The summed E-state index contributed by atoms with van der Waals surface area (Å²) in [7, 11) is 0. The number of anilines is 1. The highest BCUT2D eigenvalue weighted by Gasteiger charge is 2.23. The van der Waals surface area contributed by atoms with Gasteiger partial charge < -0.3 is 10.6 Å². The Bertz CT molecular complexity index is 387. The molecule has 3 nitrogen and oxygen atoms in total. The third kappa shape index (κ3) is 2.25. The molecule has 0 aliphatic carbocycles. The molecule has 86 valence electrons. The van der Waals surface area contributed by atoms with Crippen LogP contribution in [0.3, 0.4) is 0 Å². The van der Waals surface area contributed by atoms with Gasteiger partial charge in [0, 0.05) is 24.7 Å². The lowest BCUT2D eigenvalue weighted by Crippen LogP contribution is -2.30. The van der Waals surface area contributed by atoms with E-state index < -0.39 is 0 Å². The van der Waals surface area contributed by atoms with Crippen LogP contribution in [0.25, 0.3) is 0 Å². The number of amides is 1. The molecule has 1 aromatic rings. The number of benzene rings is 1. The third-order valence-electron chi connectivity index (χ3n) is 3.00. The van der Waals surface area contributed by atoms with Gasteiger partial charge in [-0.1, -0.05) is 18.2 Å². The van der Waals surface area contributed by atoms with Crippen molar-refractivity contribution >= 4 is 11.6 Å². The zero-order valence-corrected chi connectivity index (χ0v) is 9.65. The molecule has 0 bridgehead atoms. The molecule has 0 aromatic heterocycles. The summed E-state index contributed by atoms with van der Waals surface area (Å²) in [6, 6.07) is 8.21. The summed E-state index contributed by atoms with van der Waals surface area (Å²) >= 11 is 0. The first-order chi connectivity index (χ1) is 7.68. The van der Waals surface area contributed by atoms with Crippen molar-refractivity contribution < 1.29 is 4.79 Å². The minimum Gasteiger partial charge on any atom is -0.328 e. The number of nitrogens with two attached hydrogens (primary N) is 1. The molecule has 1 atom stereocenters. The van der Waals surface area contributed by atoms with Gasteiger partial charge in [-0.3, -0.25) is 4.79 Å². The molecule has 2 N–H and O–H groups in total. The van der Waals surface area contributed by atoms with Crippen LogP contribution < -0.4 is 10.6 Å². The molecule has 0 radical (unpaired) electrons. The van der Waals surface area contributed by atoms with Crippen molar-refractivity contribution in [1.29, 1.82) is 0 Å². The van der Waals surface area contributed by atoms with Crippen molar-refractivity contribution in [2.75, 3.05) is 11.4 Å². The number of carbonyl (C=O) groups excluding carboxylic acids is 1. The molecule has 3 heteroatoms. The predicted octanol–water partition coefficient (Wildman–Crippen LogP) is 1.70. The lowest BCUT2D eigenvalue weighted by Gasteiger charge is -2.17. The minimum atomic E-state index is 0.0989. The van der Waals surface area contributed by atoms with Crippen molar-refractivity contribution in [2.45, 2.75) is 32.2 Å². The van der Waals surface area contributed by atoms with Gasteiger partial charge in [0.2, 0.25) is 5.91 Å². The van der Waals surface area contributed by atoms with Crippen LogP contribution in [0.1, 0.15) is 25.3 Å². The summed E-state index contributed by atoms with van der Waals surface area (Å²) in [6.45, 7) is 2.75. The molecule has 0 fully saturated rings. The fourth-order valence-electron chi connectivity index (χ4n) is 2.08. The van der Waals surface area contributed by atoms with E-state index in [0.29, 0.717) is 6.42 Å². The Kier molecular flexibility index (Phi) is 3.25. The number of hydrogen-bond donors (Lipinski definition) is 1. The van der Waals surface area contributed by atoms with Crippen LogP contribution in [0.15, 0.2) is 24.3 Å². The second kappa shape index (κ2) is 4.66. The first-order valence-electron chi connectivity index (χ1n) is 5.82. The maximum Gasteiger partial charge on any atom is 0.227 e. The van der Waals surface area contributed by atoms with Gasteiger partial charge in [0.25, 0.3) is 0 Å². The zero-order chi connectivity index (χ0) is 11.5. The van der Waals surface area contributed by atoms with E-state index in [1.54, 1.807) is 0 Å². The van der Waals surface area contributed by atoms with Crippen molar-refractivity contribution in [1.82, 2.24) is 0 Å². The quantitative estimate of drug-likeness (QED) is 0.839. The van der Waals surface area contributed by atoms with Gasteiger partial charge in [-0.25, -0.2) is 0 Å². The molecule has 16 heavy (non-hydrogen) atoms. The van der Waals surface area contributed by atoms with Gasteiger partial charge in [-0.15, -0.1) is 0 Å². The van der Waals surface area contributed by atoms with Crippen LogP contribution in [-0.4, -0.2) is 18.5 Å². The summed E-state index contributed by atoms with van der Waals surface area (Å²) in [5.74, 6) is 0.197. The van der Waals surface area contributed by atoms with Crippen molar-refractivity contribution in [3.05, 3.63) is 29.8 Å². The van der Waals surface area contributed by atoms with Crippen molar-refractivity contribution in [2.24, 2.45) is 5.73 Å². The van der Waals surface area contributed by atoms with E-state index in [1.807, 2.05) is 30.0 Å². The van der Waals surface area contributed by atoms with E-state index in [0.717, 1.165) is 25.1 Å². The highest BCUT2D eigenvalue weighted by molar-refractivity contribution is 5.95. The van der Waals surface area contributed by atoms with Gasteiger partial charge in [0.05, 0.1) is 0 Å². The molecule has 0 saturated heterocycles. The summed E-state index contributed by atoms with van der Waals surface area (Å²) in [5, 5.41) is 0. The van der Waals surface area contributed by atoms with E-state index in [4.69, 9.17) is 5.73 Å². The SMILES string of the molecule is CC(N)CCC(=O)N1CCc2ccccc21. The summed E-state index contributed by atoms with van der Waals surface area (Å²) in [4.78, 5) is 13.9. The highest BCUT2D eigenvalue weighted by Crippen LogP contribution is 2.28. The van der Waals surface area contributed by atoms with E-state index in [1.165, 1.54) is 5.56 Å². The van der Waals surface area contributed by atoms with Crippen LogP contribution in [0.5, 0.6) is 0 Å².